The summed E-state index contributed by atoms with van der Waals surface area (Å²) in [6.45, 7) is 3.82. The van der Waals surface area contributed by atoms with E-state index in [9.17, 15) is 14.6 Å². The largest absolute Gasteiger partial charge is 0.507 e. The summed E-state index contributed by atoms with van der Waals surface area (Å²) in [6, 6.07) is 3.62. The SMILES string of the molecule is CC1(C)OCC(C(O)C=Cc2cc(F)ccc2O)O1. The van der Waals surface area contributed by atoms with Crippen molar-refractivity contribution in [2.24, 2.45) is 0 Å². The molecule has 0 saturated carbocycles. The number of aromatic hydroxyl groups is 1. The van der Waals surface area contributed by atoms with Crippen LogP contribution in [-0.2, 0) is 9.47 Å². The van der Waals surface area contributed by atoms with Crippen molar-refractivity contribution in [2.75, 3.05) is 6.61 Å². The monoisotopic (exact) mass is 268 g/mol. The average Bonchev–Trinajstić information content (AvgIpc) is 2.70. The minimum atomic E-state index is -0.885. The van der Waals surface area contributed by atoms with E-state index in [0.717, 1.165) is 0 Å². The standard InChI is InChI=1S/C14H17FO4/c1-14(2)18-8-13(19-14)12(17)5-3-9-7-10(15)4-6-11(9)16/h3-7,12-13,16-17H,8H2,1-2H3. The van der Waals surface area contributed by atoms with Gasteiger partial charge in [0.05, 0.1) is 6.61 Å². The Bertz CT molecular complexity index is 484. The molecule has 104 valence electrons. The number of phenolic OH excluding ortho intramolecular Hbond substituents is 1. The molecule has 1 fully saturated rings. The third kappa shape index (κ3) is 3.53. The van der Waals surface area contributed by atoms with Crippen molar-refractivity contribution in [3.05, 3.63) is 35.7 Å². The number of ether oxygens (including phenoxy) is 2. The predicted octanol–water partition coefficient (Wildman–Crippen LogP) is 2.06. The molecule has 0 amide bonds. The van der Waals surface area contributed by atoms with Crippen LogP contribution in [0.3, 0.4) is 0 Å². The molecule has 19 heavy (non-hydrogen) atoms. The number of hydrogen-bond acceptors (Lipinski definition) is 4. The molecule has 0 spiro atoms. The molecule has 2 N–H and O–H groups in total. The van der Waals surface area contributed by atoms with E-state index >= 15 is 0 Å². The molecule has 2 unspecified atom stereocenters. The fourth-order valence-corrected chi connectivity index (χ4v) is 1.87. The lowest BCUT2D eigenvalue weighted by atomic mass is 10.1. The second kappa shape index (κ2) is 5.28. The molecule has 5 heteroatoms. The Morgan fingerprint density at radius 1 is 1.47 bits per heavy atom. The summed E-state index contributed by atoms with van der Waals surface area (Å²) in [5, 5.41) is 19.5. The summed E-state index contributed by atoms with van der Waals surface area (Å²) in [4.78, 5) is 0. The molecule has 2 atom stereocenters. The van der Waals surface area contributed by atoms with Gasteiger partial charge in [-0.2, -0.15) is 0 Å². The van der Waals surface area contributed by atoms with Crippen LogP contribution in [-0.4, -0.2) is 34.8 Å². The summed E-state index contributed by atoms with van der Waals surface area (Å²) in [6.07, 6.45) is 1.55. The molecule has 4 nitrogen and oxygen atoms in total. The fraction of sp³-hybridized carbons (Fsp3) is 0.429. The lowest BCUT2D eigenvalue weighted by molar-refractivity contribution is -0.147. The Kier molecular flexibility index (Phi) is 3.89. The van der Waals surface area contributed by atoms with Crippen LogP contribution in [0.2, 0.25) is 0 Å². The normalized spacial score (nSPS) is 23.9. The Morgan fingerprint density at radius 3 is 2.84 bits per heavy atom. The molecule has 1 aliphatic rings. The van der Waals surface area contributed by atoms with Gasteiger partial charge >= 0.3 is 0 Å². The number of hydrogen-bond donors (Lipinski definition) is 2. The summed E-state index contributed by atoms with van der Waals surface area (Å²) >= 11 is 0. The first kappa shape index (κ1) is 14.0. The number of rotatable bonds is 3. The van der Waals surface area contributed by atoms with E-state index in [1.807, 2.05) is 0 Å². The molecular formula is C14H17FO4. The first-order valence-corrected chi connectivity index (χ1v) is 6.04. The molecule has 1 heterocycles. The van der Waals surface area contributed by atoms with Crippen molar-refractivity contribution in [2.45, 2.75) is 31.8 Å². The molecule has 2 rings (SSSR count). The van der Waals surface area contributed by atoms with Crippen molar-refractivity contribution in [3.63, 3.8) is 0 Å². The van der Waals surface area contributed by atoms with Crippen LogP contribution in [0.1, 0.15) is 19.4 Å². The van der Waals surface area contributed by atoms with Crippen molar-refractivity contribution >= 4 is 6.08 Å². The van der Waals surface area contributed by atoms with Gasteiger partial charge in [0, 0.05) is 5.56 Å². The summed E-state index contributed by atoms with van der Waals surface area (Å²) < 4.78 is 23.9. The first-order valence-electron chi connectivity index (χ1n) is 6.04. The van der Waals surface area contributed by atoms with Gasteiger partial charge in [0.1, 0.15) is 23.8 Å². The van der Waals surface area contributed by atoms with Crippen molar-refractivity contribution in [1.82, 2.24) is 0 Å². The highest BCUT2D eigenvalue weighted by Gasteiger charge is 2.35. The van der Waals surface area contributed by atoms with Gasteiger partial charge in [-0.25, -0.2) is 4.39 Å². The summed E-state index contributed by atoms with van der Waals surface area (Å²) in [5.74, 6) is -1.21. The van der Waals surface area contributed by atoms with E-state index in [0.29, 0.717) is 5.56 Å². The maximum atomic E-state index is 13.0. The van der Waals surface area contributed by atoms with E-state index in [2.05, 4.69) is 0 Å². The minimum Gasteiger partial charge on any atom is -0.507 e. The third-order valence-corrected chi connectivity index (χ3v) is 2.87. The molecule has 1 aliphatic heterocycles. The van der Waals surface area contributed by atoms with Crippen molar-refractivity contribution in [3.8, 4) is 5.75 Å². The third-order valence-electron chi connectivity index (χ3n) is 2.87. The zero-order valence-electron chi connectivity index (χ0n) is 10.8. The van der Waals surface area contributed by atoms with Crippen LogP contribution < -0.4 is 0 Å². The van der Waals surface area contributed by atoms with Gasteiger partial charge in [0.25, 0.3) is 0 Å². The number of aliphatic hydroxyl groups excluding tert-OH is 1. The Morgan fingerprint density at radius 2 is 2.21 bits per heavy atom. The molecule has 0 radical (unpaired) electrons. The van der Waals surface area contributed by atoms with Gasteiger partial charge in [-0.15, -0.1) is 0 Å². The minimum absolute atomic E-state index is 0.0474. The van der Waals surface area contributed by atoms with Crippen LogP contribution in [0.25, 0.3) is 6.08 Å². The van der Waals surface area contributed by atoms with Crippen molar-refractivity contribution < 1.29 is 24.1 Å². The maximum Gasteiger partial charge on any atom is 0.163 e. The molecule has 1 saturated heterocycles. The highest BCUT2D eigenvalue weighted by molar-refractivity contribution is 5.57. The quantitative estimate of drug-likeness (QED) is 0.881. The van der Waals surface area contributed by atoms with Gasteiger partial charge < -0.3 is 19.7 Å². The van der Waals surface area contributed by atoms with E-state index < -0.39 is 23.8 Å². The maximum absolute atomic E-state index is 13.0. The molecule has 1 aromatic rings. The van der Waals surface area contributed by atoms with E-state index in [4.69, 9.17) is 9.47 Å². The Labute approximate surface area is 111 Å². The smallest absolute Gasteiger partial charge is 0.163 e. The van der Waals surface area contributed by atoms with E-state index in [1.54, 1.807) is 13.8 Å². The Hall–Kier alpha value is -1.43. The van der Waals surface area contributed by atoms with Crippen LogP contribution in [0, 0.1) is 5.82 Å². The fourth-order valence-electron chi connectivity index (χ4n) is 1.87. The first-order chi connectivity index (χ1) is 8.87. The van der Waals surface area contributed by atoms with Crippen LogP contribution >= 0.6 is 0 Å². The van der Waals surface area contributed by atoms with Crippen LogP contribution in [0.5, 0.6) is 5.75 Å². The molecular weight excluding hydrogens is 251 g/mol. The predicted molar refractivity (Wildman–Crippen MR) is 68.0 cm³/mol. The topological polar surface area (TPSA) is 58.9 Å². The highest BCUT2D eigenvalue weighted by atomic mass is 19.1. The van der Waals surface area contributed by atoms with Gasteiger partial charge in [0.2, 0.25) is 0 Å². The molecule has 1 aromatic carbocycles. The lowest BCUT2D eigenvalue weighted by Crippen LogP contribution is -2.29. The molecule has 0 aliphatic carbocycles. The van der Waals surface area contributed by atoms with Gasteiger partial charge in [-0.1, -0.05) is 12.2 Å². The van der Waals surface area contributed by atoms with Crippen molar-refractivity contribution in [1.29, 1.82) is 0 Å². The number of aliphatic hydroxyl groups is 1. The van der Waals surface area contributed by atoms with Gasteiger partial charge in [-0.3, -0.25) is 0 Å². The van der Waals surface area contributed by atoms with Crippen LogP contribution in [0.15, 0.2) is 24.3 Å². The zero-order valence-corrected chi connectivity index (χ0v) is 10.8. The zero-order chi connectivity index (χ0) is 14.0. The van der Waals surface area contributed by atoms with Gasteiger partial charge in [0.15, 0.2) is 5.79 Å². The number of benzene rings is 1. The second-order valence-electron chi connectivity index (χ2n) is 4.92. The van der Waals surface area contributed by atoms with E-state index in [1.165, 1.54) is 30.4 Å². The van der Waals surface area contributed by atoms with Gasteiger partial charge in [-0.05, 0) is 32.0 Å². The van der Waals surface area contributed by atoms with Crippen LogP contribution in [0.4, 0.5) is 4.39 Å². The number of halogens is 1. The van der Waals surface area contributed by atoms with E-state index in [-0.39, 0.29) is 12.4 Å². The summed E-state index contributed by atoms with van der Waals surface area (Å²) in [5.41, 5.74) is 0.303. The highest BCUT2D eigenvalue weighted by Crippen LogP contribution is 2.25. The summed E-state index contributed by atoms with van der Waals surface area (Å²) in [7, 11) is 0. The second-order valence-corrected chi connectivity index (χ2v) is 4.92. The molecule has 0 bridgehead atoms. The lowest BCUT2D eigenvalue weighted by Gasteiger charge is -2.18. The Balaban J connectivity index is 2.04. The average molecular weight is 268 g/mol. The molecule has 0 aromatic heterocycles. The number of phenols is 1.